The van der Waals surface area contributed by atoms with Crippen LogP contribution in [-0.4, -0.2) is 13.4 Å². The molecule has 1 N–H and O–H groups in total. The highest BCUT2D eigenvalue weighted by atomic mass is 35.5. The first-order chi connectivity index (χ1) is 13.1. The Kier molecular flexibility index (Phi) is 5.91. The van der Waals surface area contributed by atoms with E-state index in [1.165, 1.54) is 12.3 Å². The van der Waals surface area contributed by atoms with Gasteiger partial charge in [0.15, 0.2) is 0 Å². The van der Waals surface area contributed by atoms with Gasteiger partial charge in [-0.15, -0.1) is 11.3 Å². The van der Waals surface area contributed by atoms with Crippen molar-refractivity contribution in [2.24, 2.45) is 0 Å². The maximum atomic E-state index is 12.7. The van der Waals surface area contributed by atoms with Gasteiger partial charge < -0.3 is 4.74 Å². The molecule has 0 saturated carbocycles. The largest absolute Gasteiger partial charge is 0.437 e. The predicted octanol–water partition coefficient (Wildman–Crippen LogP) is 6.34. The van der Waals surface area contributed by atoms with Crippen molar-refractivity contribution in [2.75, 3.05) is 4.72 Å². The van der Waals surface area contributed by atoms with Gasteiger partial charge in [0.2, 0.25) is 5.88 Å². The molecule has 148 valence electrons. The number of ether oxygens (including phenoxy) is 1. The highest BCUT2D eigenvalue weighted by Gasteiger charge is 2.24. The second kappa shape index (κ2) is 7.91. The van der Waals surface area contributed by atoms with Gasteiger partial charge in [0.25, 0.3) is 10.0 Å². The van der Waals surface area contributed by atoms with Crippen molar-refractivity contribution >= 4 is 50.2 Å². The summed E-state index contributed by atoms with van der Waals surface area (Å²) in [5.74, 6) is 0.742. The smallest absolute Gasteiger partial charge is 0.264 e. The van der Waals surface area contributed by atoms with E-state index in [9.17, 15) is 8.42 Å². The van der Waals surface area contributed by atoms with Crippen LogP contribution in [0, 0.1) is 0 Å². The first-order valence-corrected chi connectivity index (χ1v) is 11.3. The molecule has 0 spiro atoms. The Labute approximate surface area is 178 Å². The van der Waals surface area contributed by atoms with E-state index in [2.05, 4.69) is 30.5 Å². The summed E-state index contributed by atoms with van der Waals surface area (Å²) < 4.78 is 34.3. The zero-order valence-corrected chi connectivity index (χ0v) is 18.5. The van der Waals surface area contributed by atoms with Crippen LogP contribution in [0.2, 0.25) is 8.67 Å². The summed E-state index contributed by atoms with van der Waals surface area (Å²) in [6.45, 7) is 6.21. The normalized spacial score (nSPS) is 12.0. The van der Waals surface area contributed by atoms with Gasteiger partial charge in [-0.3, -0.25) is 4.72 Å². The lowest BCUT2D eigenvalue weighted by molar-refractivity contribution is 0.442. The van der Waals surface area contributed by atoms with E-state index in [1.54, 1.807) is 12.1 Å². The van der Waals surface area contributed by atoms with Crippen molar-refractivity contribution in [1.29, 1.82) is 0 Å². The summed E-state index contributed by atoms with van der Waals surface area (Å²) in [6, 6.07) is 12.1. The number of anilines is 1. The van der Waals surface area contributed by atoms with Gasteiger partial charge in [-0.05, 0) is 29.7 Å². The number of hydrogen-bond acceptors (Lipinski definition) is 5. The number of thiophene rings is 1. The fraction of sp³-hybridized carbons (Fsp3) is 0.211. The number of nitrogens with one attached hydrogen (secondary N) is 1. The number of rotatable bonds is 5. The Bertz CT molecular complexity index is 1110. The highest BCUT2D eigenvalue weighted by Crippen LogP contribution is 2.38. The summed E-state index contributed by atoms with van der Waals surface area (Å²) >= 11 is 12.9. The lowest BCUT2D eigenvalue weighted by Gasteiger charge is -2.22. The molecule has 0 aliphatic carbocycles. The number of pyridine rings is 1. The van der Waals surface area contributed by atoms with Crippen LogP contribution in [0.1, 0.15) is 26.3 Å². The van der Waals surface area contributed by atoms with Gasteiger partial charge in [-0.1, -0.05) is 62.2 Å². The zero-order chi connectivity index (χ0) is 20.5. The molecule has 0 radical (unpaired) electrons. The first kappa shape index (κ1) is 20.9. The molecule has 5 nitrogen and oxygen atoms in total. The molecule has 2 heterocycles. The van der Waals surface area contributed by atoms with Gasteiger partial charge in [0.05, 0.1) is 4.34 Å². The molecule has 0 fully saturated rings. The number of sulfonamides is 1. The van der Waals surface area contributed by atoms with E-state index in [-0.39, 0.29) is 30.6 Å². The van der Waals surface area contributed by atoms with E-state index >= 15 is 0 Å². The molecule has 28 heavy (non-hydrogen) atoms. The molecule has 3 aromatic rings. The lowest BCUT2D eigenvalue weighted by Crippen LogP contribution is -2.15. The molecule has 3 rings (SSSR count). The van der Waals surface area contributed by atoms with Crippen LogP contribution in [-0.2, 0) is 15.4 Å². The fourth-order valence-corrected chi connectivity index (χ4v) is 5.75. The fourth-order valence-electron chi connectivity index (χ4n) is 2.54. The maximum absolute atomic E-state index is 12.7. The first-order valence-electron chi connectivity index (χ1n) is 8.28. The van der Waals surface area contributed by atoms with Crippen LogP contribution in [0.15, 0.2) is 53.6 Å². The van der Waals surface area contributed by atoms with Crippen molar-refractivity contribution in [1.82, 2.24) is 4.98 Å². The third-order valence-corrected chi connectivity index (χ3v) is 6.95. The van der Waals surface area contributed by atoms with Crippen LogP contribution in [0.3, 0.4) is 0 Å². The monoisotopic (exact) mass is 456 g/mol. The predicted molar refractivity (Wildman–Crippen MR) is 115 cm³/mol. The van der Waals surface area contributed by atoms with E-state index in [4.69, 9.17) is 27.9 Å². The summed E-state index contributed by atoms with van der Waals surface area (Å²) in [7, 11) is -3.95. The van der Waals surface area contributed by atoms with Gasteiger partial charge in [-0.2, -0.15) is 0 Å². The summed E-state index contributed by atoms with van der Waals surface area (Å²) in [5, 5.41) is 0. The third kappa shape index (κ3) is 4.60. The van der Waals surface area contributed by atoms with E-state index in [0.717, 1.165) is 16.9 Å². The second-order valence-corrected chi connectivity index (χ2v) is 10.9. The number of para-hydroxylation sites is 1. The van der Waals surface area contributed by atoms with E-state index in [0.29, 0.717) is 5.75 Å². The molecule has 0 bridgehead atoms. The summed E-state index contributed by atoms with van der Waals surface area (Å²) in [5.41, 5.74) is 1.01. The van der Waals surface area contributed by atoms with Crippen molar-refractivity contribution in [3.05, 3.63) is 62.9 Å². The maximum Gasteiger partial charge on any atom is 0.264 e. The second-order valence-electron chi connectivity index (χ2n) is 7.00. The average Bonchev–Trinajstić information content (AvgIpc) is 2.95. The quantitative estimate of drug-likeness (QED) is 0.485. The van der Waals surface area contributed by atoms with Gasteiger partial charge in [0, 0.05) is 11.8 Å². The average molecular weight is 457 g/mol. The molecule has 9 heteroatoms. The highest BCUT2D eigenvalue weighted by molar-refractivity contribution is 7.93. The Balaban J connectivity index is 1.97. The molecule has 0 aliphatic rings. The van der Waals surface area contributed by atoms with E-state index in [1.807, 2.05) is 24.3 Å². The number of aromatic nitrogens is 1. The van der Waals surface area contributed by atoms with E-state index < -0.39 is 10.0 Å². The molecule has 0 atom stereocenters. The number of nitrogens with zero attached hydrogens (tertiary/aromatic N) is 1. The lowest BCUT2D eigenvalue weighted by atomic mass is 9.86. The Morgan fingerprint density at radius 2 is 1.82 bits per heavy atom. The van der Waals surface area contributed by atoms with Crippen molar-refractivity contribution < 1.29 is 13.2 Å². The molecule has 2 aromatic heterocycles. The van der Waals surface area contributed by atoms with Gasteiger partial charge >= 0.3 is 0 Å². The summed E-state index contributed by atoms with van der Waals surface area (Å²) in [4.78, 5) is 4.11. The molecular formula is C19H18Cl2N2O3S2. The molecule has 0 unspecified atom stereocenters. The van der Waals surface area contributed by atoms with Crippen LogP contribution in [0.25, 0.3) is 0 Å². The van der Waals surface area contributed by atoms with Crippen molar-refractivity contribution in [3.8, 4) is 11.6 Å². The van der Waals surface area contributed by atoms with Crippen LogP contribution in [0.4, 0.5) is 5.69 Å². The SMILES string of the molecule is CC(C)(C)c1ccccc1Oc1ncccc1NS(=O)(=O)c1cc(Cl)sc1Cl. The number of hydrogen-bond donors (Lipinski definition) is 1. The standard InChI is InChI=1S/C19H18Cl2N2O3S2/c1-19(2,3)12-7-4-5-9-14(12)26-18-13(8-6-10-22-18)23-28(24,25)15-11-16(20)27-17(15)21/h4-11,23H,1-3H3. The molecule has 1 aromatic carbocycles. The minimum Gasteiger partial charge on any atom is -0.437 e. The third-order valence-electron chi connectivity index (χ3n) is 3.83. The summed E-state index contributed by atoms with van der Waals surface area (Å²) in [6.07, 6.45) is 1.53. The van der Waals surface area contributed by atoms with Gasteiger partial charge in [-0.25, -0.2) is 13.4 Å². The molecular weight excluding hydrogens is 439 g/mol. The zero-order valence-electron chi connectivity index (χ0n) is 15.4. The molecule has 0 saturated heterocycles. The molecule has 0 amide bonds. The minimum atomic E-state index is -3.95. The van der Waals surface area contributed by atoms with Crippen LogP contribution < -0.4 is 9.46 Å². The Morgan fingerprint density at radius 3 is 2.46 bits per heavy atom. The Hall–Kier alpha value is -1.80. The number of halogens is 2. The van der Waals surface area contributed by atoms with Crippen LogP contribution >= 0.6 is 34.5 Å². The van der Waals surface area contributed by atoms with Crippen molar-refractivity contribution in [2.45, 2.75) is 31.1 Å². The molecule has 0 aliphatic heterocycles. The van der Waals surface area contributed by atoms with Gasteiger partial charge in [0.1, 0.15) is 20.7 Å². The number of benzene rings is 1. The topological polar surface area (TPSA) is 68.3 Å². The van der Waals surface area contributed by atoms with Crippen molar-refractivity contribution in [3.63, 3.8) is 0 Å². The van der Waals surface area contributed by atoms with Crippen LogP contribution in [0.5, 0.6) is 11.6 Å². The Morgan fingerprint density at radius 1 is 1.11 bits per heavy atom. The minimum absolute atomic E-state index is 0.0851.